The van der Waals surface area contributed by atoms with Crippen LogP contribution in [0.1, 0.15) is 60.3 Å². The summed E-state index contributed by atoms with van der Waals surface area (Å²) in [6.07, 6.45) is 0. The summed E-state index contributed by atoms with van der Waals surface area (Å²) < 4.78 is 34.1. The fourth-order valence-electron chi connectivity index (χ4n) is 7.70. The minimum atomic E-state index is -2.24. The van der Waals surface area contributed by atoms with Gasteiger partial charge in [-0.05, 0) is 99.4 Å². The maximum Gasteiger partial charge on any atom is 0.296 e. The molecule has 0 saturated carbocycles. The van der Waals surface area contributed by atoms with Gasteiger partial charge in [0.15, 0.2) is 16.6 Å². The number of imidazole rings is 1. The summed E-state index contributed by atoms with van der Waals surface area (Å²) in [6, 6.07) is 44.0. The van der Waals surface area contributed by atoms with Gasteiger partial charge in [-0.25, -0.2) is 4.98 Å². The largest absolute Gasteiger partial charge is 0.455 e. The van der Waals surface area contributed by atoms with Crippen molar-refractivity contribution in [2.75, 3.05) is 0 Å². The van der Waals surface area contributed by atoms with Crippen molar-refractivity contribution in [3.63, 3.8) is 0 Å². The van der Waals surface area contributed by atoms with E-state index in [-0.39, 0.29) is 11.8 Å². The molecule has 1 N–H and O–H groups in total. The molecular weight excluding hydrogens is 597 g/mol. The van der Waals surface area contributed by atoms with E-state index in [1.807, 2.05) is 36.4 Å². The Bertz CT molecular complexity index is 2810. The van der Waals surface area contributed by atoms with Crippen molar-refractivity contribution < 1.29 is 13.1 Å². The fourth-order valence-corrected chi connectivity index (χ4v) is 7.70. The molecule has 2 heterocycles. The molecule has 0 spiro atoms. The molecule has 49 heavy (non-hydrogen) atoms. The van der Waals surface area contributed by atoms with Crippen LogP contribution >= 0.6 is 0 Å². The van der Waals surface area contributed by atoms with Crippen LogP contribution in [0.15, 0.2) is 132 Å². The number of nitrogens with one attached hydrogen (secondary N) is 1. The lowest BCUT2D eigenvalue weighted by Gasteiger charge is -2.20. The monoisotopic (exact) mass is 638 g/mol. The first kappa shape index (κ1) is 26.3. The molecule has 3 heteroatoms. The topological polar surface area (TPSA) is 32.8 Å². The van der Waals surface area contributed by atoms with Crippen molar-refractivity contribution in [2.24, 2.45) is 0 Å². The Kier molecular flexibility index (Phi) is 6.01. The maximum atomic E-state index is 8.28. The highest BCUT2D eigenvalue weighted by Crippen LogP contribution is 2.41. The Morgan fingerprint density at radius 1 is 0.612 bits per heavy atom. The number of fused-ring (bicyclic) bond motifs is 7. The highest BCUT2D eigenvalue weighted by atomic mass is 16.3. The SMILES string of the molecule is [2H]C([2H])([2H])c1cc2cc3oc4c(-c5[nH]c6ccccc6[n+]5-c5c(C(C)C)cc(-c6ccccc6)cc5C(C)C)cccc4c3cc2c2ccccc12. The average molecular weight is 639 g/mol. The number of hydrogen-bond acceptors (Lipinski definition) is 1. The van der Waals surface area contributed by atoms with Crippen LogP contribution in [0, 0.1) is 6.85 Å². The highest BCUT2D eigenvalue weighted by molar-refractivity contribution is 6.18. The summed E-state index contributed by atoms with van der Waals surface area (Å²) in [4.78, 5) is 3.82. The first-order chi connectivity index (χ1) is 25.1. The zero-order chi connectivity index (χ0) is 35.9. The van der Waals surface area contributed by atoms with E-state index in [4.69, 9.17) is 8.53 Å². The molecule has 7 aromatic carbocycles. The van der Waals surface area contributed by atoms with Crippen molar-refractivity contribution in [3.05, 3.63) is 144 Å². The molecule has 0 aliphatic carbocycles. The molecule has 0 bridgehead atoms. The van der Waals surface area contributed by atoms with Gasteiger partial charge in [0.25, 0.3) is 5.82 Å². The van der Waals surface area contributed by atoms with Gasteiger partial charge in [0.2, 0.25) is 0 Å². The number of benzene rings is 7. The minimum absolute atomic E-state index is 0.259. The van der Waals surface area contributed by atoms with E-state index in [0.717, 1.165) is 65.9 Å². The van der Waals surface area contributed by atoms with Crippen molar-refractivity contribution in [3.8, 4) is 28.2 Å². The van der Waals surface area contributed by atoms with Gasteiger partial charge in [-0.2, -0.15) is 4.57 Å². The smallest absolute Gasteiger partial charge is 0.296 e. The van der Waals surface area contributed by atoms with Crippen LogP contribution in [0.3, 0.4) is 0 Å². The van der Waals surface area contributed by atoms with Crippen molar-refractivity contribution >= 4 is 54.5 Å². The number of aryl methyl sites for hydroxylation is 1. The number of furan rings is 1. The Balaban J connectivity index is 1.35. The molecule has 0 fully saturated rings. The lowest BCUT2D eigenvalue weighted by atomic mass is 9.88. The number of H-pyrrole nitrogens is 1. The van der Waals surface area contributed by atoms with Gasteiger partial charge < -0.3 is 4.42 Å². The second kappa shape index (κ2) is 11.2. The third-order valence-corrected chi connectivity index (χ3v) is 10.1. The normalized spacial score (nSPS) is 13.3. The molecule has 2 aromatic heterocycles. The fraction of sp³-hybridized carbons (Fsp3) is 0.152. The van der Waals surface area contributed by atoms with E-state index in [9.17, 15) is 0 Å². The molecule has 0 aliphatic rings. The summed E-state index contributed by atoms with van der Waals surface area (Å²) in [5, 5.41) is 5.54. The average Bonchev–Trinajstić information content (AvgIpc) is 3.71. The number of para-hydroxylation sites is 3. The molecule has 9 rings (SSSR count). The Morgan fingerprint density at radius 3 is 2.06 bits per heavy atom. The molecule has 238 valence electrons. The molecule has 9 aromatic rings. The van der Waals surface area contributed by atoms with Gasteiger partial charge >= 0.3 is 0 Å². The number of aromatic nitrogens is 2. The Labute approximate surface area is 290 Å². The van der Waals surface area contributed by atoms with Crippen LogP contribution < -0.4 is 4.57 Å². The summed E-state index contributed by atoms with van der Waals surface area (Å²) in [7, 11) is 0. The highest BCUT2D eigenvalue weighted by Gasteiger charge is 2.31. The van der Waals surface area contributed by atoms with Crippen LogP contribution in [0.4, 0.5) is 0 Å². The number of rotatable bonds is 5. The van der Waals surface area contributed by atoms with Crippen LogP contribution in [0.2, 0.25) is 0 Å². The third kappa shape index (κ3) is 4.60. The molecule has 0 aliphatic heterocycles. The van der Waals surface area contributed by atoms with Gasteiger partial charge in [-0.15, -0.1) is 0 Å². The first-order valence-corrected chi connectivity index (χ1v) is 17.2. The van der Waals surface area contributed by atoms with Gasteiger partial charge in [0.1, 0.15) is 16.8 Å². The molecule has 0 radical (unpaired) electrons. The Morgan fingerprint density at radius 2 is 1.31 bits per heavy atom. The van der Waals surface area contributed by atoms with Crippen molar-refractivity contribution in [1.29, 1.82) is 0 Å². The summed E-state index contributed by atoms with van der Waals surface area (Å²) in [6.45, 7) is 6.87. The maximum absolute atomic E-state index is 8.28. The standard InChI is InChI=1S/C46H38N2O/c1-27(2)37-23-31(30-14-7-6-8-15-30)24-38(28(3)4)44(37)48-42-21-12-11-20-41(42)47-46(48)36-19-13-18-35-40-26-39-32(25-43(40)49-45(35)36)22-29(5)33-16-9-10-17-34(33)39/h6-28H,1-5H3/p+1/i5D3. The summed E-state index contributed by atoms with van der Waals surface area (Å²) in [5.74, 6) is 1.46. The quantitative estimate of drug-likeness (QED) is 0.148. The van der Waals surface area contributed by atoms with Gasteiger partial charge in [-0.1, -0.05) is 113 Å². The van der Waals surface area contributed by atoms with Gasteiger partial charge in [0, 0.05) is 26.0 Å². The zero-order valence-electron chi connectivity index (χ0n) is 31.1. The van der Waals surface area contributed by atoms with Crippen molar-refractivity contribution in [2.45, 2.75) is 46.4 Å². The predicted octanol–water partition coefficient (Wildman–Crippen LogP) is 12.5. The number of aromatic amines is 1. The second-order valence-corrected chi connectivity index (χ2v) is 13.8. The molecule has 0 amide bonds. The van der Waals surface area contributed by atoms with Crippen LogP contribution in [-0.4, -0.2) is 4.98 Å². The van der Waals surface area contributed by atoms with Crippen LogP contribution in [0.25, 0.3) is 82.7 Å². The van der Waals surface area contributed by atoms with Crippen LogP contribution in [0.5, 0.6) is 0 Å². The minimum Gasteiger partial charge on any atom is -0.455 e. The lowest BCUT2D eigenvalue weighted by Crippen LogP contribution is -2.35. The number of nitrogens with zero attached hydrogens (tertiary/aromatic N) is 1. The van der Waals surface area contributed by atoms with E-state index in [2.05, 4.69) is 128 Å². The second-order valence-electron chi connectivity index (χ2n) is 13.8. The molecule has 0 atom stereocenters. The van der Waals surface area contributed by atoms with E-state index in [0.29, 0.717) is 5.56 Å². The van der Waals surface area contributed by atoms with Gasteiger partial charge in [0.05, 0.1) is 0 Å². The molecule has 0 unspecified atom stereocenters. The number of hydrogen-bond donors (Lipinski definition) is 1. The van der Waals surface area contributed by atoms with Gasteiger partial charge in [-0.3, -0.25) is 0 Å². The predicted molar refractivity (Wildman–Crippen MR) is 206 cm³/mol. The van der Waals surface area contributed by atoms with Crippen molar-refractivity contribution in [1.82, 2.24) is 4.98 Å². The van der Waals surface area contributed by atoms with E-state index >= 15 is 0 Å². The van der Waals surface area contributed by atoms with Crippen LogP contribution in [-0.2, 0) is 0 Å². The first-order valence-electron chi connectivity index (χ1n) is 18.7. The molecule has 0 saturated heterocycles. The van der Waals surface area contributed by atoms with E-state index < -0.39 is 6.85 Å². The van der Waals surface area contributed by atoms with E-state index in [1.165, 1.54) is 27.9 Å². The third-order valence-electron chi connectivity index (χ3n) is 10.1. The lowest BCUT2D eigenvalue weighted by molar-refractivity contribution is -0.556. The zero-order valence-corrected chi connectivity index (χ0v) is 28.1. The molecule has 3 nitrogen and oxygen atoms in total. The molecular formula is C46H39N2O+. The van der Waals surface area contributed by atoms with E-state index in [1.54, 1.807) is 0 Å². The summed E-state index contributed by atoms with van der Waals surface area (Å²) >= 11 is 0. The Hall–Kier alpha value is -5.67. The summed E-state index contributed by atoms with van der Waals surface area (Å²) in [5.41, 5.74) is 11.1.